The second-order valence-corrected chi connectivity index (χ2v) is 3.92. The minimum Gasteiger partial charge on any atom is -0.479 e. The fourth-order valence-corrected chi connectivity index (χ4v) is 1.34. The van der Waals surface area contributed by atoms with Crippen LogP contribution in [-0.2, 0) is 9.53 Å². The van der Waals surface area contributed by atoms with Gasteiger partial charge >= 0.3 is 12.1 Å². The van der Waals surface area contributed by atoms with E-state index in [0.717, 1.165) is 6.21 Å². The Kier molecular flexibility index (Phi) is 4.57. The maximum atomic E-state index is 11.9. The standard InChI is InChI=1S/C10H14F3N3O2/c1-6(2-14)8-15-3-7(5-18-8)4-16-9(17)10(11,12)13/h2,7,14-15H,3-5H2,1H3,(H,16,17)/b8-6+,14-2?. The van der Waals surface area contributed by atoms with Gasteiger partial charge in [0, 0.05) is 30.8 Å². The van der Waals surface area contributed by atoms with E-state index in [1.807, 2.05) is 0 Å². The molecular formula is C10H14F3N3O2. The van der Waals surface area contributed by atoms with Gasteiger partial charge in [-0.2, -0.15) is 13.2 Å². The lowest BCUT2D eigenvalue weighted by Crippen LogP contribution is -2.44. The molecular weight excluding hydrogens is 251 g/mol. The lowest BCUT2D eigenvalue weighted by Gasteiger charge is -2.27. The first-order chi connectivity index (χ1) is 8.34. The van der Waals surface area contributed by atoms with Crippen molar-refractivity contribution < 1.29 is 22.7 Å². The molecule has 1 amide bonds. The Labute approximate surface area is 102 Å². The number of carbonyl (C=O) groups is 1. The van der Waals surface area contributed by atoms with E-state index in [1.165, 1.54) is 0 Å². The molecule has 0 aromatic rings. The zero-order valence-corrected chi connectivity index (χ0v) is 9.73. The summed E-state index contributed by atoms with van der Waals surface area (Å²) in [5.74, 6) is -1.73. The van der Waals surface area contributed by atoms with E-state index in [2.05, 4.69) is 5.32 Å². The lowest BCUT2D eigenvalue weighted by molar-refractivity contribution is -0.173. The summed E-state index contributed by atoms with van der Waals surface area (Å²) in [6.45, 7) is 2.16. The Morgan fingerprint density at radius 3 is 2.78 bits per heavy atom. The molecule has 0 aliphatic carbocycles. The number of nitrogens with one attached hydrogen (secondary N) is 3. The molecule has 1 unspecified atom stereocenters. The van der Waals surface area contributed by atoms with Crippen molar-refractivity contribution >= 4 is 12.1 Å². The highest BCUT2D eigenvalue weighted by Crippen LogP contribution is 2.15. The molecule has 18 heavy (non-hydrogen) atoms. The number of hydrogen-bond donors (Lipinski definition) is 3. The third-order valence-corrected chi connectivity index (χ3v) is 2.40. The molecule has 1 aliphatic rings. The second kappa shape index (κ2) is 5.74. The van der Waals surface area contributed by atoms with Crippen molar-refractivity contribution in [2.45, 2.75) is 13.1 Å². The highest BCUT2D eigenvalue weighted by atomic mass is 19.4. The molecule has 3 N–H and O–H groups in total. The first-order valence-electron chi connectivity index (χ1n) is 5.27. The minimum atomic E-state index is -4.86. The zero-order chi connectivity index (χ0) is 13.8. The minimum absolute atomic E-state index is 0.109. The van der Waals surface area contributed by atoms with Crippen molar-refractivity contribution in [3.05, 3.63) is 11.5 Å². The van der Waals surface area contributed by atoms with Crippen LogP contribution in [0.1, 0.15) is 6.92 Å². The summed E-state index contributed by atoms with van der Waals surface area (Å²) < 4.78 is 41.0. The molecule has 8 heteroatoms. The van der Waals surface area contributed by atoms with Gasteiger partial charge in [-0.05, 0) is 6.92 Å². The third kappa shape index (κ3) is 3.94. The van der Waals surface area contributed by atoms with Gasteiger partial charge in [0.2, 0.25) is 0 Å². The largest absolute Gasteiger partial charge is 0.479 e. The average Bonchev–Trinajstić information content (AvgIpc) is 2.34. The molecule has 0 radical (unpaired) electrons. The monoisotopic (exact) mass is 265 g/mol. The third-order valence-electron chi connectivity index (χ3n) is 2.40. The molecule has 1 fully saturated rings. The molecule has 1 atom stereocenters. The van der Waals surface area contributed by atoms with Crippen molar-refractivity contribution in [1.82, 2.24) is 10.6 Å². The van der Waals surface area contributed by atoms with E-state index in [9.17, 15) is 18.0 Å². The number of hydrogen-bond acceptors (Lipinski definition) is 4. The van der Waals surface area contributed by atoms with Crippen LogP contribution in [0.4, 0.5) is 13.2 Å². The van der Waals surface area contributed by atoms with Crippen LogP contribution in [0.2, 0.25) is 0 Å². The van der Waals surface area contributed by atoms with Gasteiger partial charge in [0.15, 0.2) is 5.88 Å². The van der Waals surface area contributed by atoms with E-state index >= 15 is 0 Å². The average molecular weight is 265 g/mol. The van der Waals surface area contributed by atoms with Crippen molar-refractivity contribution in [3.63, 3.8) is 0 Å². The van der Waals surface area contributed by atoms with Gasteiger partial charge in [0.25, 0.3) is 0 Å². The van der Waals surface area contributed by atoms with Crippen LogP contribution in [0.5, 0.6) is 0 Å². The van der Waals surface area contributed by atoms with Gasteiger partial charge in [-0.15, -0.1) is 0 Å². The van der Waals surface area contributed by atoms with Crippen molar-refractivity contribution in [2.75, 3.05) is 19.7 Å². The Balaban J connectivity index is 2.37. The van der Waals surface area contributed by atoms with Gasteiger partial charge in [0.05, 0.1) is 6.61 Å². The SMILES string of the molecule is C/C(C=N)=C1/NCC(CNC(=O)C(F)(F)F)CO1. The fourth-order valence-electron chi connectivity index (χ4n) is 1.34. The maximum Gasteiger partial charge on any atom is 0.471 e. The van der Waals surface area contributed by atoms with E-state index in [0.29, 0.717) is 18.0 Å². The van der Waals surface area contributed by atoms with Gasteiger partial charge in [-0.3, -0.25) is 4.79 Å². The predicted molar refractivity (Wildman–Crippen MR) is 58.0 cm³/mol. The molecule has 1 rings (SSSR count). The molecule has 1 aliphatic heterocycles. The Morgan fingerprint density at radius 1 is 1.67 bits per heavy atom. The number of allylic oxidation sites excluding steroid dienone is 1. The molecule has 0 spiro atoms. The number of ether oxygens (including phenoxy) is 1. The van der Waals surface area contributed by atoms with Crippen LogP contribution in [-0.4, -0.2) is 38.0 Å². The molecule has 1 heterocycles. The normalized spacial score (nSPS) is 22.6. The summed E-state index contributed by atoms with van der Waals surface area (Å²) in [5.41, 5.74) is 0.604. The number of amides is 1. The highest BCUT2D eigenvalue weighted by Gasteiger charge is 2.38. The Hall–Kier alpha value is -1.73. The van der Waals surface area contributed by atoms with Crippen LogP contribution < -0.4 is 10.6 Å². The van der Waals surface area contributed by atoms with Crippen LogP contribution in [0.15, 0.2) is 11.5 Å². The van der Waals surface area contributed by atoms with Crippen LogP contribution in [0.25, 0.3) is 0 Å². The number of rotatable bonds is 3. The molecule has 0 bridgehead atoms. The van der Waals surface area contributed by atoms with Crippen LogP contribution in [0, 0.1) is 11.3 Å². The predicted octanol–water partition coefficient (Wildman–Crippen LogP) is 0.782. The summed E-state index contributed by atoms with van der Waals surface area (Å²) in [4.78, 5) is 10.6. The Bertz CT molecular complexity index is 356. The first-order valence-corrected chi connectivity index (χ1v) is 5.27. The lowest BCUT2D eigenvalue weighted by atomic mass is 10.1. The van der Waals surface area contributed by atoms with Crippen molar-refractivity contribution in [3.8, 4) is 0 Å². The number of halogens is 3. The molecule has 102 valence electrons. The van der Waals surface area contributed by atoms with Gasteiger partial charge in [-0.25, -0.2) is 0 Å². The van der Waals surface area contributed by atoms with E-state index in [4.69, 9.17) is 10.1 Å². The summed E-state index contributed by atoms with van der Waals surface area (Å²) >= 11 is 0. The molecule has 0 saturated carbocycles. The van der Waals surface area contributed by atoms with Crippen molar-refractivity contribution in [1.29, 1.82) is 5.41 Å². The van der Waals surface area contributed by atoms with E-state index in [-0.39, 0.29) is 19.1 Å². The number of carbonyl (C=O) groups excluding carboxylic acids is 1. The van der Waals surface area contributed by atoms with E-state index < -0.39 is 12.1 Å². The zero-order valence-electron chi connectivity index (χ0n) is 9.73. The smallest absolute Gasteiger partial charge is 0.471 e. The molecule has 1 saturated heterocycles. The summed E-state index contributed by atoms with van der Waals surface area (Å²) in [7, 11) is 0. The molecule has 0 aromatic carbocycles. The summed E-state index contributed by atoms with van der Waals surface area (Å²) in [6, 6.07) is 0. The first kappa shape index (κ1) is 14.3. The quantitative estimate of drug-likeness (QED) is 0.660. The topological polar surface area (TPSA) is 74.2 Å². The molecule has 0 aromatic heterocycles. The fraction of sp³-hybridized carbons (Fsp3) is 0.600. The summed E-state index contributed by atoms with van der Waals surface area (Å²) in [6.07, 6.45) is -3.74. The summed E-state index contributed by atoms with van der Waals surface area (Å²) in [5, 5.41) is 11.7. The van der Waals surface area contributed by atoms with Crippen molar-refractivity contribution in [2.24, 2.45) is 5.92 Å². The van der Waals surface area contributed by atoms with Crippen LogP contribution in [0.3, 0.4) is 0 Å². The van der Waals surface area contributed by atoms with Crippen LogP contribution >= 0.6 is 0 Å². The highest BCUT2D eigenvalue weighted by molar-refractivity contribution is 5.81. The van der Waals surface area contributed by atoms with E-state index in [1.54, 1.807) is 12.2 Å². The Morgan fingerprint density at radius 2 is 2.33 bits per heavy atom. The number of alkyl halides is 3. The van der Waals surface area contributed by atoms with Gasteiger partial charge in [-0.1, -0.05) is 0 Å². The van der Waals surface area contributed by atoms with Gasteiger partial charge in [0.1, 0.15) is 0 Å². The van der Waals surface area contributed by atoms with Gasteiger partial charge < -0.3 is 20.8 Å². The second-order valence-electron chi connectivity index (χ2n) is 3.92. The maximum absolute atomic E-state index is 11.9. The molecule has 5 nitrogen and oxygen atoms in total.